The molecule has 2 aromatic carbocycles. The van der Waals surface area contributed by atoms with Gasteiger partial charge in [0, 0.05) is 77.4 Å². The average Bonchev–Trinajstić information content (AvgIpc) is 0.737. The summed E-state index contributed by atoms with van der Waals surface area (Å²) < 4.78 is 22.8. The van der Waals surface area contributed by atoms with Crippen molar-refractivity contribution in [3.05, 3.63) is 107 Å². The van der Waals surface area contributed by atoms with Gasteiger partial charge in [-0.05, 0) is 137 Å². The Balaban J connectivity index is 0.677. The van der Waals surface area contributed by atoms with Gasteiger partial charge in [-0.2, -0.15) is 5.10 Å². The van der Waals surface area contributed by atoms with E-state index < -0.39 is 53.6 Å². The molecule has 2 unspecified atom stereocenters. The number of aromatic carboxylic acids is 1. The van der Waals surface area contributed by atoms with E-state index in [0.29, 0.717) is 73.6 Å². The van der Waals surface area contributed by atoms with E-state index in [0.717, 1.165) is 125 Å². The Morgan fingerprint density at radius 2 is 1.59 bits per heavy atom. The molecule has 27 heteroatoms. The van der Waals surface area contributed by atoms with Gasteiger partial charge in [-0.1, -0.05) is 63.3 Å². The van der Waals surface area contributed by atoms with E-state index in [2.05, 4.69) is 55.3 Å². The van der Waals surface area contributed by atoms with Crippen molar-refractivity contribution in [1.29, 1.82) is 0 Å². The van der Waals surface area contributed by atoms with Crippen molar-refractivity contribution in [2.45, 2.75) is 143 Å². The van der Waals surface area contributed by atoms with Crippen LogP contribution in [-0.2, 0) is 57.7 Å². The van der Waals surface area contributed by atoms with E-state index in [4.69, 9.17) is 35.0 Å². The topological polar surface area (TPSA) is 332 Å². The maximum absolute atomic E-state index is 14.1. The van der Waals surface area contributed by atoms with Crippen LogP contribution in [0, 0.1) is 36.0 Å². The first-order chi connectivity index (χ1) is 46.9. The monoisotopic (exact) mass is 1360 g/mol. The molecule has 4 atom stereocenters. The van der Waals surface area contributed by atoms with Crippen LogP contribution in [0.1, 0.15) is 125 Å². The molecule has 520 valence electrons. The summed E-state index contributed by atoms with van der Waals surface area (Å²) in [4.78, 5) is 102. The first-order valence-corrected chi connectivity index (χ1v) is 34.9. The number of carboxylic acid groups (broad SMARTS) is 1. The van der Waals surface area contributed by atoms with Gasteiger partial charge in [0.2, 0.25) is 17.7 Å². The Labute approximate surface area is 573 Å². The Kier molecular flexibility index (Phi) is 20.2. The van der Waals surface area contributed by atoms with Crippen LogP contribution in [0.15, 0.2) is 79.0 Å². The van der Waals surface area contributed by atoms with Gasteiger partial charge in [-0.25, -0.2) is 14.8 Å². The predicted molar refractivity (Wildman–Crippen MR) is 366 cm³/mol. The molecule has 4 aromatic heterocycles. The van der Waals surface area contributed by atoms with E-state index in [1.54, 1.807) is 31.4 Å². The predicted octanol–water partition coefficient (Wildman–Crippen LogP) is 6.68. The number of fused-ring (bicyclic) bond motifs is 2. The fourth-order valence-corrected chi connectivity index (χ4v) is 18.0. The maximum atomic E-state index is 14.1. The molecule has 7 N–H and O–H groups in total. The first-order valence-electron chi connectivity index (χ1n) is 34.1. The van der Waals surface area contributed by atoms with E-state index in [1.807, 2.05) is 79.4 Å². The molecule has 5 fully saturated rings. The normalized spacial score (nSPS) is 22.8. The van der Waals surface area contributed by atoms with E-state index in [9.17, 15) is 38.7 Å². The number of imide groups is 1. The largest absolute Gasteiger partial charge is 0.543 e. The standard InChI is InChI=1S/C71H89N15O11S/c1-44(2)59(79-56(87)23-30-95-31-26-84-57(88)21-22-58(84)89)64(91)76-53(13-9-24-73-66(72)94)63(90)75-48-17-15-47(16-18-48)36-86(27-32-96-33-28-86)29-34-97-71-40-68(5)37-69(6,41-71)39-70(38-68,42-71)43-85-46(4)51(35-74-85)50-19-20-55(78-60(50)65(92)93)83-25-10-11-49-45(3)61(81-82-62(49)83)80-67-77-52-12-7-8-14-54(52)98-67/h7-8,12,14-22,35,44,53,59H,9-11,13,23-34,36-43H2,1-6H3,(H7-,72,73,75,76,77,79,80,81,87,90,91,92,93,94)/t53-,59-,68?,69?,70?,71?/m0/s1. The smallest absolute Gasteiger partial charge is 0.312 e. The number of nitrogens with one attached hydrogen (secondary N) is 5. The second-order valence-corrected chi connectivity index (χ2v) is 30.0. The minimum atomic E-state index is -1.37. The SMILES string of the molecule is Cc1c(Nc2nc3ccccc3s2)nnc2c1CCCN2c1ccc(-c2cnn(CC34CC5(C)CC(C)(C3)CC(OCC[N+]3(Cc6ccc(NC(=O)[C@H](CCCNC(N)=O)NC(=O)[C@@H](NC(=O)CCOCCN7C(=O)C=CC7=O)C(C)C)cc6)CCOCC3)(C5)C4)c2C)c(C(=O)[O-])n1. The van der Waals surface area contributed by atoms with Crippen LogP contribution in [-0.4, -0.2) is 171 Å². The second kappa shape index (κ2) is 28.6. The molecule has 26 nitrogen and oxygen atoms in total. The number of thiazole rings is 1. The zero-order valence-electron chi connectivity index (χ0n) is 56.7. The number of hydrogen-bond donors (Lipinski definition) is 6. The average molecular weight is 1360 g/mol. The number of nitrogens with two attached hydrogens (primary N) is 1. The van der Waals surface area contributed by atoms with Crippen LogP contribution >= 0.6 is 11.3 Å². The number of primary amides is 1. The molecule has 7 aliphatic rings. The molecule has 98 heavy (non-hydrogen) atoms. The number of amides is 7. The number of hydrogen-bond acceptors (Lipinski definition) is 19. The number of carbonyl (C=O) groups excluding carboxylic acids is 7. The zero-order chi connectivity index (χ0) is 69.2. The molecule has 0 spiro atoms. The summed E-state index contributed by atoms with van der Waals surface area (Å²) in [6.07, 6.45) is 12.2. The van der Waals surface area contributed by atoms with Gasteiger partial charge in [0.1, 0.15) is 44.1 Å². The highest BCUT2D eigenvalue weighted by atomic mass is 32.1. The van der Waals surface area contributed by atoms with E-state index >= 15 is 0 Å². The number of morpholine rings is 1. The summed E-state index contributed by atoms with van der Waals surface area (Å²) in [6.45, 7) is 18.9. The second-order valence-electron chi connectivity index (χ2n) is 29.0. The number of aromatic nitrogens is 6. The molecule has 1 saturated heterocycles. The lowest BCUT2D eigenvalue weighted by Gasteiger charge is -2.69. The number of para-hydroxylation sites is 1. The minimum Gasteiger partial charge on any atom is -0.543 e. The molecule has 13 rings (SSSR count). The Bertz CT molecular complexity index is 3980. The highest BCUT2D eigenvalue weighted by Crippen LogP contribution is 2.72. The fourth-order valence-electron chi connectivity index (χ4n) is 17.1. The van der Waals surface area contributed by atoms with Crippen molar-refractivity contribution in [2.24, 2.45) is 27.9 Å². The summed E-state index contributed by atoms with van der Waals surface area (Å²) in [5.41, 5.74) is 11.3. The van der Waals surface area contributed by atoms with Gasteiger partial charge in [-0.15, -0.1) is 10.2 Å². The Hall–Kier alpha value is -8.76. The molecule has 4 bridgehead atoms. The molecule has 7 amide bonds. The number of anilines is 5. The number of pyridine rings is 1. The van der Waals surface area contributed by atoms with Gasteiger partial charge >= 0.3 is 6.03 Å². The van der Waals surface area contributed by atoms with Crippen LogP contribution < -0.4 is 42.3 Å². The third kappa shape index (κ3) is 15.4. The molecule has 7 heterocycles. The van der Waals surface area contributed by atoms with Crippen LogP contribution in [0.2, 0.25) is 0 Å². The van der Waals surface area contributed by atoms with Gasteiger partial charge in [-0.3, -0.25) is 33.6 Å². The molecule has 6 aromatic rings. The molecule has 4 aliphatic carbocycles. The molecule has 3 aliphatic heterocycles. The van der Waals surface area contributed by atoms with Gasteiger partial charge in [0.15, 0.2) is 16.8 Å². The first kappa shape index (κ1) is 69.2. The summed E-state index contributed by atoms with van der Waals surface area (Å²) in [6, 6.07) is 16.6. The number of benzene rings is 2. The number of carbonyl (C=O) groups is 7. The number of rotatable bonds is 29. The highest BCUT2D eigenvalue weighted by molar-refractivity contribution is 7.22. The van der Waals surface area contributed by atoms with Gasteiger partial charge < -0.3 is 65.8 Å². The number of nitrogens with zero attached hydrogens (tertiary/aromatic N) is 9. The van der Waals surface area contributed by atoms with Crippen LogP contribution in [0.4, 0.5) is 33.1 Å². The minimum absolute atomic E-state index is 0.0135. The third-order valence-electron chi connectivity index (χ3n) is 20.6. The molecule has 0 radical (unpaired) electrons. The van der Waals surface area contributed by atoms with Crippen molar-refractivity contribution >= 4 is 91.4 Å². The highest BCUT2D eigenvalue weighted by Gasteiger charge is 2.66. The lowest BCUT2D eigenvalue weighted by Crippen LogP contribution is -2.65. The van der Waals surface area contributed by atoms with Crippen molar-refractivity contribution in [3.8, 4) is 11.1 Å². The summed E-state index contributed by atoms with van der Waals surface area (Å²) >= 11 is 1.55. The van der Waals surface area contributed by atoms with Crippen LogP contribution in [0.3, 0.4) is 0 Å². The van der Waals surface area contributed by atoms with Crippen molar-refractivity contribution in [3.63, 3.8) is 0 Å². The number of quaternary nitrogens is 1. The van der Waals surface area contributed by atoms with Crippen molar-refractivity contribution in [2.75, 3.05) is 87.8 Å². The van der Waals surface area contributed by atoms with Gasteiger partial charge in [0.05, 0.1) is 73.3 Å². The Morgan fingerprint density at radius 1 is 0.847 bits per heavy atom. The van der Waals surface area contributed by atoms with Crippen LogP contribution in [0.25, 0.3) is 21.3 Å². The summed E-state index contributed by atoms with van der Waals surface area (Å²) in [5.74, 6) is -2.36. The third-order valence-corrected chi connectivity index (χ3v) is 21.6. The number of carboxylic acids is 1. The number of urea groups is 1. The van der Waals surface area contributed by atoms with Crippen molar-refractivity contribution in [1.82, 2.24) is 50.8 Å². The Morgan fingerprint density at radius 3 is 2.31 bits per heavy atom. The fraction of sp³-hybridized carbons (Fsp3) is 0.521. The molecule has 4 saturated carbocycles. The zero-order valence-corrected chi connectivity index (χ0v) is 57.5. The summed E-state index contributed by atoms with van der Waals surface area (Å²) in [7, 11) is 0. The summed E-state index contributed by atoms with van der Waals surface area (Å²) in [5, 5.41) is 42.6. The quantitative estimate of drug-likeness (QED) is 0.0162. The molecular formula is C71H89N15O11S. The van der Waals surface area contributed by atoms with Gasteiger partial charge in [0.25, 0.3) is 11.8 Å². The lowest BCUT2D eigenvalue weighted by molar-refractivity contribution is -0.948. The van der Waals surface area contributed by atoms with Crippen LogP contribution in [0.5, 0.6) is 0 Å². The van der Waals surface area contributed by atoms with Crippen molar-refractivity contribution < 1.29 is 57.4 Å². The number of ether oxygens (including phenoxy) is 3. The van der Waals surface area contributed by atoms with E-state index in [1.165, 1.54) is 12.2 Å². The molecular weight excluding hydrogens is 1270 g/mol. The lowest BCUT2D eigenvalue weighted by atomic mass is 9.39. The maximum Gasteiger partial charge on any atom is 0.312 e. The van der Waals surface area contributed by atoms with E-state index in [-0.39, 0.29) is 72.6 Å².